The molecule has 4 atom stereocenters. The summed E-state index contributed by atoms with van der Waals surface area (Å²) < 4.78 is 105. The van der Waals surface area contributed by atoms with E-state index in [0.29, 0.717) is 29.6 Å². The standard InChI is InChI=1S/C30H29F7O/c1-14-4-17-8-20(9-18(17)5-14)19-6-15(2)27(23(31)10-19)21-7-16(3)28(24(32)11-21)30(36,37)38-22-12-25(33)29(35)26(34)13-22/h6-7,10-14,17-18,20,25,29H,4-5,8-9H2,1-3H3. The molecule has 0 bridgehead atoms. The summed E-state index contributed by atoms with van der Waals surface area (Å²) in [6, 6.07) is 5.39. The van der Waals surface area contributed by atoms with Crippen LogP contribution in [0.4, 0.5) is 30.7 Å². The average molecular weight is 539 g/mol. The molecular weight excluding hydrogens is 509 g/mol. The van der Waals surface area contributed by atoms with Crippen LogP contribution in [0.1, 0.15) is 60.8 Å². The molecule has 2 saturated carbocycles. The highest BCUT2D eigenvalue weighted by atomic mass is 19.3. The van der Waals surface area contributed by atoms with Crippen molar-refractivity contribution in [2.45, 2.75) is 70.8 Å². The molecule has 3 aliphatic carbocycles. The topological polar surface area (TPSA) is 9.23 Å². The molecular formula is C30H29F7O. The average Bonchev–Trinajstić information content (AvgIpc) is 3.33. The van der Waals surface area contributed by atoms with E-state index in [-0.39, 0.29) is 22.6 Å². The fraction of sp³-hybridized carbons (Fsp3) is 0.467. The van der Waals surface area contributed by atoms with E-state index in [1.54, 1.807) is 6.92 Å². The predicted octanol–water partition coefficient (Wildman–Crippen LogP) is 9.28. The molecule has 0 radical (unpaired) electrons. The van der Waals surface area contributed by atoms with Gasteiger partial charge in [0.2, 0.25) is 0 Å². The second kappa shape index (κ2) is 9.76. The van der Waals surface area contributed by atoms with E-state index in [0.717, 1.165) is 30.4 Å². The van der Waals surface area contributed by atoms with Gasteiger partial charge in [-0.3, -0.25) is 0 Å². The first-order valence-corrected chi connectivity index (χ1v) is 12.9. The van der Waals surface area contributed by atoms with Crippen molar-refractivity contribution in [2.24, 2.45) is 17.8 Å². The van der Waals surface area contributed by atoms with Crippen LogP contribution in [-0.2, 0) is 10.8 Å². The number of hydrogen-bond donors (Lipinski definition) is 0. The third-order valence-corrected chi connectivity index (χ3v) is 8.29. The van der Waals surface area contributed by atoms with E-state index in [9.17, 15) is 22.0 Å². The third-order valence-electron chi connectivity index (χ3n) is 8.29. The molecule has 204 valence electrons. The van der Waals surface area contributed by atoms with Crippen LogP contribution < -0.4 is 0 Å². The van der Waals surface area contributed by atoms with E-state index in [2.05, 4.69) is 11.7 Å². The minimum Gasteiger partial charge on any atom is -0.429 e. The van der Waals surface area contributed by atoms with E-state index >= 15 is 8.78 Å². The van der Waals surface area contributed by atoms with Crippen LogP contribution in [0.25, 0.3) is 11.1 Å². The molecule has 0 spiro atoms. The molecule has 8 heteroatoms. The highest BCUT2D eigenvalue weighted by Crippen LogP contribution is 2.52. The van der Waals surface area contributed by atoms with Crippen molar-refractivity contribution in [3.63, 3.8) is 0 Å². The van der Waals surface area contributed by atoms with E-state index < -0.39 is 47.2 Å². The van der Waals surface area contributed by atoms with Crippen molar-refractivity contribution in [3.05, 3.63) is 81.9 Å². The summed E-state index contributed by atoms with van der Waals surface area (Å²) in [6.45, 7) is 5.19. The zero-order valence-electron chi connectivity index (χ0n) is 21.3. The van der Waals surface area contributed by atoms with Crippen molar-refractivity contribution in [2.75, 3.05) is 0 Å². The zero-order valence-corrected chi connectivity index (χ0v) is 21.3. The minimum absolute atomic E-state index is 0.0881. The Kier molecular flexibility index (Phi) is 6.89. The number of ether oxygens (including phenoxy) is 1. The van der Waals surface area contributed by atoms with E-state index in [1.165, 1.54) is 31.9 Å². The Hall–Kier alpha value is -2.77. The molecule has 2 aromatic rings. The lowest BCUT2D eigenvalue weighted by atomic mass is 9.88. The fourth-order valence-electron chi connectivity index (χ4n) is 6.74. The van der Waals surface area contributed by atoms with Crippen LogP contribution in [0.2, 0.25) is 0 Å². The molecule has 2 fully saturated rings. The van der Waals surface area contributed by atoms with Crippen molar-refractivity contribution in [1.82, 2.24) is 0 Å². The first-order chi connectivity index (χ1) is 17.8. The number of benzene rings is 2. The summed E-state index contributed by atoms with van der Waals surface area (Å²) in [7, 11) is 0. The quantitative estimate of drug-likeness (QED) is 0.345. The summed E-state index contributed by atoms with van der Waals surface area (Å²) >= 11 is 0. The summed E-state index contributed by atoms with van der Waals surface area (Å²) in [5.41, 5.74) is 0.282. The number of allylic oxidation sites excluding steroid dienone is 3. The van der Waals surface area contributed by atoms with Gasteiger partial charge in [-0.1, -0.05) is 19.1 Å². The van der Waals surface area contributed by atoms with Gasteiger partial charge < -0.3 is 4.74 Å². The number of hydrogen-bond acceptors (Lipinski definition) is 1. The van der Waals surface area contributed by atoms with Crippen molar-refractivity contribution < 1.29 is 35.5 Å². The molecule has 0 heterocycles. The first-order valence-electron chi connectivity index (χ1n) is 12.9. The molecule has 0 aromatic heterocycles. The van der Waals surface area contributed by atoms with Gasteiger partial charge in [-0.05, 0) is 104 Å². The number of halogens is 7. The van der Waals surface area contributed by atoms with Gasteiger partial charge >= 0.3 is 6.11 Å². The number of fused-ring (bicyclic) bond motifs is 1. The van der Waals surface area contributed by atoms with Gasteiger partial charge in [-0.2, -0.15) is 8.78 Å². The summed E-state index contributed by atoms with van der Waals surface area (Å²) in [4.78, 5) is 0. The Labute approximate surface area is 217 Å². The Morgan fingerprint density at radius 2 is 1.50 bits per heavy atom. The molecule has 0 amide bonds. The van der Waals surface area contributed by atoms with Gasteiger partial charge in [-0.15, -0.1) is 0 Å². The van der Waals surface area contributed by atoms with Crippen LogP contribution in [0, 0.1) is 43.2 Å². The van der Waals surface area contributed by atoms with Crippen LogP contribution in [0.15, 0.2) is 48.0 Å². The van der Waals surface area contributed by atoms with Gasteiger partial charge in [0.05, 0.1) is 0 Å². The molecule has 3 aliphatic rings. The largest absolute Gasteiger partial charge is 0.429 e. The second-order valence-corrected chi connectivity index (χ2v) is 11.2. The number of aryl methyl sites for hydroxylation is 2. The Morgan fingerprint density at radius 1 is 0.842 bits per heavy atom. The number of rotatable bonds is 5. The van der Waals surface area contributed by atoms with E-state index in [1.807, 2.05) is 6.07 Å². The maximum absolute atomic E-state index is 15.4. The Bertz CT molecular complexity index is 1250. The second-order valence-electron chi connectivity index (χ2n) is 11.2. The molecule has 0 aliphatic heterocycles. The highest BCUT2D eigenvalue weighted by molar-refractivity contribution is 5.70. The van der Waals surface area contributed by atoms with Gasteiger partial charge in [0.25, 0.3) is 0 Å². The molecule has 2 aromatic carbocycles. The van der Waals surface area contributed by atoms with Crippen LogP contribution in [0.3, 0.4) is 0 Å². The predicted molar refractivity (Wildman–Crippen MR) is 131 cm³/mol. The normalized spacial score (nSPS) is 29.2. The van der Waals surface area contributed by atoms with Crippen molar-refractivity contribution in [1.29, 1.82) is 0 Å². The number of alkyl halides is 4. The SMILES string of the molecule is Cc1cc(C2CC3CC(C)CC3C2)cc(F)c1-c1cc(C)c(C(F)(F)OC2=CC(F)C(F)C(F)=C2)c(F)c1. The fourth-order valence-corrected chi connectivity index (χ4v) is 6.74. The monoisotopic (exact) mass is 538 g/mol. The van der Waals surface area contributed by atoms with Gasteiger partial charge in [0.1, 0.15) is 28.8 Å². The zero-order chi connectivity index (χ0) is 27.5. The smallest absolute Gasteiger partial charge is 0.429 e. The lowest BCUT2D eigenvalue weighted by molar-refractivity contribution is -0.223. The molecule has 5 rings (SSSR count). The summed E-state index contributed by atoms with van der Waals surface area (Å²) in [6.07, 6.45) is -4.34. The first kappa shape index (κ1) is 26.8. The molecule has 0 saturated heterocycles. The minimum atomic E-state index is -4.33. The van der Waals surface area contributed by atoms with Crippen LogP contribution in [-0.4, -0.2) is 12.3 Å². The lowest BCUT2D eigenvalue weighted by Gasteiger charge is -2.24. The maximum Gasteiger partial charge on any atom is 0.429 e. The molecule has 38 heavy (non-hydrogen) atoms. The Balaban J connectivity index is 1.41. The van der Waals surface area contributed by atoms with Crippen LogP contribution >= 0.6 is 0 Å². The maximum atomic E-state index is 15.4. The molecule has 1 nitrogen and oxygen atoms in total. The van der Waals surface area contributed by atoms with Gasteiger partial charge in [0, 0.05) is 11.6 Å². The van der Waals surface area contributed by atoms with Crippen molar-refractivity contribution in [3.8, 4) is 11.1 Å². The summed E-state index contributed by atoms with van der Waals surface area (Å²) in [5.74, 6) is -2.17. The van der Waals surface area contributed by atoms with Gasteiger partial charge in [0.15, 0.2) is 12.3 Å². The summed E-state index contributed by atoms with van der Waals surface area (Å²) in [5, 5.41) is 0. The third kappa shape index (κ3) is 4.87. The van der Waals surface area contributed by atoms with Gasteiger partial charge in [-0.25, -0.2) is 22.0 Å². The highest BCUT2D eigenvalue weighted by Gasteiger charge is 2.42. The van der Waals surface area contributed by atoms with Crippen molar-refractivity contribution >= 4 is 0 Å². The molecule has 4 unspecified atom stereocenters. The Morgan fingerprint density at radius 3 is 2.08 bits per heavy atom. The molecule has 0 N–H and O–H groups in total. The van der Waals surface area contributed by atoms with Crippen LogP contribution in [0.5, 0.6) is 0 Å². The lowest BCUT2D eigenvalue weighted by Crippen LogP contribution is -2.25. The van der Waals surface area contributed by atoms with E-state index in [4.69, 9.17) is 0 Å².